The van der Waals surface area contributed by atoms with Crippen molar-refractivity contribution in [2.75, 3.05) is 0 Å². The first kappa shape index (κ1) is 13.5. The van der Waals surface area contributed by atoms with Gasteiger partial charge in [0.2, 0.25) is 0 Å². The third-order valence-corrected chi connectivity index (χ3v) is 2.33. The summed E-state index contributed by atoms with van der Waals surface area (Å²) in [7, 11) is 0. The Kier molecular flexibility index (Phi) is 5.88. The van der Waals surface area contributed by atoms with Gasteiger partial charge in [-0.2, -0.15) is 0 Å². The molecule has 0 aliphatic heterocycles. The zero-order valence-corrected chi connectivity index (χ0v) is 10.1. The van der Waals surface area contributed by atoms with Crippen LogP contribution in [0.25, 0.3) is 0 Å². The smallest absolute Gasteiger partial charge is 0.0101 e. The van der Waals surface area contributed by atoms with Crippen molar-refractivity contribution in [1.82, 2.24) is 0 Å². The molecule has 0 aliphatic carbocycles. The van der Waals surface area contributed by atoms with Gasteiger partial charge in [-0.15, -0.1) is 12.3 Å². The van der Waals surface area contributed by atoms with Gasteiger partial charge in [-0.05, 0) is 30.6 Å². The molecule has 0 aromatic rings. The Morgan fingerprint density at radius 1 is 1.36 bits per heavy atom. The van der Waals surface area contributed by atoms with E-state index >= 15 is 0 Å². The summed E-state index contributed by atoms with van der Waals surface area (Å²) in [5, 5.41) is 0. The van der Waals surface area contributed by atoms with E-state index in [0.717, 1.165) is 19.3 Å². The number of terminal acetylenes is 1. The summed E-state index contributed by atoms with van der Waals surface area (Å²) in [5.41, 5.74) is 6.39. The minimum atomic E-state index is 0.281. The van der Waals surface area contributed by atoms with Gasteiger partial charge in [0.25, 0.3) is 0 Å². The number of hydrogen-bond acceptors (Lipinski definition) is 1. The highest BCUT2D eigenvalue weighted by atomic mass is 14.6. The maximum absolute atomic E-state index is 5.98. The molecule has 0 rings (SSSR count). The molecule has 0 saturated carbocycles. The monoisotopic (exact) mass is 195 g/mol. The lowest BCUT2D eigenvalue weighted by molar-refractivity contribution is 0.283. The second-order valence-corrected chi connectivity index (χ2v) is 5.61. The van der Waals surface area contributed by atoms with Crippen molar-refractivity contribution in [2.45, 2.75) is 59.4 Å². The summed E-state index contributed by atoms with van der Waals surface area (Å²) in [4.78, 5) is 0. The second-order valence-electron chi connectivity index (χ2n) is 5.61. The molecule has 0 amide bonds. The van der Waals surface area contributed by atoms with Gasteiger partial charge >= 0.3 is 0 Å². The Balaban J connectivity index is 3.72. The van der Waals surface area contributed by atoms with Gasteiger partial charge < -0.3 is 5.73 Å². The molecule has 0 heterocycles. The van der Waals surface area contributed by atoms with Crippen LogP contribution in [0.5, 0.6) is 0 Å². The van der Waals surface area contributed by atoms with Gasteiger partial charge in [-0.25, -0.2) is 0 Å². The second kappa shape index (κ2) is 6.09. The third kappa shape index (κ3) is 8.13. The summed E-state index contributed by atoms with van der Waals surface area (Å²) in [6.45, 7) is 9.10. The van der Waals surface area contributed by atoms with E-state index in [1.54, 1.807) is 0 Å². The standard InChI is InChI=1S/C13H25N/c1-6-7-8-12(14)9-11(2)10-13(3,4)5/h1,11-12H,7-10,14H2,2-5H3. The maximum atomic E-state index is 5.98. The molecular formula is C13H25N. The third-order valence-electron chi connectivity index (χ3n) is 2.33. The lowest BCUT2D eigenvalue weighted by atomic mass is 9.82. The predicted molar refractivity (Wildman–Crippen MR) is 63.9 cm³/mol. The molecule has 1 nitrogen and oxygen atoms in total. The molecule has 0 aromatic heterocycles. The zero-order chi connectivity index (χ0) is 11.2. The van der Waals surface area contributed by atoms with Crippen LogP contribution in [-0.2, 0) is 0 Å². The maximum Gasteiger partial charge on any atom is 0.0101 e. The quantitative estimate of drug-likeness (QED) is 0.670. The normalized spacial score (nSPS) is 16.0. The van der Waals surface area contributed by atoms with Crippen molar-refractivity contribution in [3.05, 3.63) is 0 Å². The van der Waals surface area contributed by atoms with Crippen molar-refractivity contribution in [2.24, 2.45) is 17.1 Å². The van der Waals surface area contributed by atoms with Gasteiger partial charge in [-0.3, -0.25) is 0 Å². The van der Waals surface area contributed by atoms with E-state index in [-0.39, 0.29) is 6.04 Å². The van der Waals surface area contributed by atoms with Gasteiger partial charge in [-0.1, -0.05) is 27.7 Å². The van der Waals surface area contributed by atoms with Crippen molar-refractivity contribution in [1.29, 1.82) is 0 Å². The molecule has 14 heavy (non-hydrogen) atoms. The largest absolute Gasteiger partial charge is 0.328 e. The predicted octanol–water partition coefficient (Wildman–Crippen LogP) is 3.19. The molecule has 1 heteroatoms. The lowest BCUT2D eigenvalue weighted by Gasteiger charge is -2.25. The van der Waals surface area contributed by atoms with Crippen LogP contribution in [0.1, 0.15) is 53.4 Å². The van der Waals surface area contributed by atoms with Crippen LogP contribution in [0.4, 0.5) is 0 Å². The average Bonchev–Trinajstić information content (AvgIpc) is 1.96. The fourth-order valence-electron chi connectivity index (χ4n) is 2.03. The zero-order valence-electron chi connectivity index (χ0n) is 10.1. The molecule has 0 saturated heterocycles. The van der Waals surface area contributed by atoms with Crippen LogP contribution in [0, 0.1) is 23.7 Å². The van der Waals surface area contributed by atoms with Crippen molar-refractivity contribution in [3.8, 4) is 12.3 Å². The summed E-state index contributed by atoms with van der Waals surface area (Å²) < 4.78 is 0. The van der Waals surface area contributed by atoms with Crippen LogP contribution >= 0.6 is 0 Å². The van der Waals surface area contributed by atoms with Crippen LogP contribution in [-0.4, -0.2) is 6.04 Å². The lowest BCUT2D eigenvalue weighted by Crippen LogP contribution is -2.24. The summed E-state index contributed by atoms with van der Waals surface area (Å²) in [6, 6.07) is 0.281. The van der Waals surface area contributed by atoms with Gasteiger partial charge in [0, 0.05) is 12.5 Å². The Hall–Kier alpha value is -0.480. The number of hydrogen-bond donors (Lipinski definition) is 1. The Morgan fingerprint density at radius 2 is 1.93 bits per heavy atom. The first-order valence-corrected chi connectivity index (χ1v) is 5.54. The van der Waals surface area contributed by atoms with Crippen molar-refractivity contribution < 1.29 is 0 Å². The van der Waals surface area contributed by atoms with Crippen LogP contribution < -0.4 is 5.73 Å². The highest BCUT2D eigenvalue weighted by Gasteiger charge is 2.17. The van der Waals surface area contributed by atoms with E-state index in [4.69, 9.17) is 12.2 Å². The summed E-state index contributed by atoms with van der Waals surface area (Å²) in [5.74, 6) is 3.34. The fourth-order valence-corrected chi connectivity index (χ4v) is 2.03. The Morgan fingerprint density at radius 3 is 2.36 bits per heavy atom. The Labute approximate surface area is 89.5 Å². The number of nitrogens with two attached hydrogens (primary N) is 1. The van der Waals surface area contributed by atoms with E-state index in [1.165, 1.54) is 6.42 Å². The van der Waals surface area contributed by atoms with Crippen molar-refractivity contribution >= 4 is 0 Å². The molecular weight excluding hydrogens is 170 g/mol. The van der Waals surface area contributed by atoms with Gasteiger partial charge in [0.15, 0.2) is 0 Å². The van der Waals surface area contributed by atoms with E-state index in [9.17, 15) is 0 Å². The van der Waals surface area contributed by atoms with Crippen LogP contribution in [0.2, 0.25) is 0 Å². The average molecular weight is 195 g/mol. The molecule has 0 aromatic carbocycles. The molecule has 0 aliphatic rings. The summed E-state index contributed by atoms with van der Waals surface area (Å²) >= 11 is 0. The van der Waals surface area contributed by atoms with E-state index in [2.05, 4.69) is 33.6 Å². The number of rotatable bonds is 5. The molecule has 0 bridgehead atoms. The van der Waals surface area contributed by atoms with Crippen LogP contribution in [0.15, 0.2) is 0 Å². The van der Waals surface area contributed by atoms with Gasteiger partial charge in [0.1, 0.15) is 0 Å². The minimum Gasteiger partial charge on any atom is -0.328 e. The molecule has 2 atom stereocenters. The first-order chi connectivity index (χ1) is 6.35. The van der Waals surface area contributed by atoms with E-state index < -0.39 is 0 Å². The molecule has 0 radical (unpaired) electrons. The van der Waals surface area contributed by atoms with E-state index in [0.29, 0.717) is 11.3 Å². The SMILES string of the molecule is C#CCCC(N)CC(C)CC(C)(C)C. The van der Waals surface area contributed by atoms with Crippen LogP contribution in [0.3, 0.4) is 0 Å². The fraction of sp³-hybridized carbons (Fsp3) is 0.846. The molecule has 2 N–H and O–H groups in total. The minimum absolute atomic E-state index is 0.281. The molecule has 0 spiro atoms. The highest BCUT2D eigenvalue weighted by Crippen LogP contribution is 2.26. The topological polar surface area (TPSA) is 26.0 Å². The van der Waals surface area contributed by atoms with Crippen molar-refractivity contribution in [3.63, 3.8) is 0 Å². The molecule has 82 valence electrons. The highest BCUT2D eigenvalue weighted by molar-refractivity contribution is 4.85. The molecule has 2 unspecified atom stereocenters. The summed E-state index contributed by atoms with van der Waals surface area (Å²) in [6.07, 6.45) is 9.31. The Bertz CT molecular complexity index is 182. The molecule has 0 fully saturated rings. The van der Waals surface area contributed by atoms with Gasteiger partial charge in [0.05, 0.1) is 0 Å². The van der Waals surface area contributed by atoms with E-state index in [1.807, 2.05) is 0 Å². The first-order valence-electron chi connectivity index (χ1n) is 5.54.